The van der Waals surface area contributed by atoms with Gasteiger partial charge < -0.3 is 9.64 Å². The first-order chi connectivity index (χ1) is 10.4. The Labute approximate surface area is 118 Å². The second-order valence-electron chi connectivity index (χ2n) is 5.13. The maximum atomic E-state index is 12.5. The normalized spacial score (nSPS) is 33.3. The first-order valence-corrected chi connectivity index (χ1v) is 5.70. The lowest BCUT2D eigenvalue weighted by Crippen LogP contribution is -2.55. The maximum absolute atomic E-state index is 12.5. The van der Waals surface area contributed by atoms with Crippen LogP contribution in [0.5, 0.6) is 0 Å². The fourth-order valence-electron chi connectivity index (χ4n) is 1.21. The molecule has 1 heterocycles. The zero-order chi connectivity index (χ0) is 19.3. The number of halogens is 3. The lowest BCUT2D eigenvalue weighted by atomic mass is 10.1. The minimum atomic E-state index is -4.84. The maximum Gasteiger partial charge on any atom is 0.425 e. The van der Waals surface area contributed by atoms with E-state index in [1.54, 1.807) is 20.8 Å². The van der Waals surface area contributed by atoms with E-state index in [0.717, 1.165) is 4.90 Å². The minimum Gasteiger partial charge on any atom is -0.437 e. The Kier molecular flexibility index (Phi) is 2.88. The van der Waals surface area contributed by atoms with Gasteiger partial charge in [-0.05, 0) is 27.7 Å². The molecule has 2 unspecified atom stereocenters. The summed E-state index contributed by atoms with van der Waals surface area (Å²) in [5.74, 6) is 0. The molecule has 2 atom stereocenters. The molecule has 0 radical (unpaired) electrons. The summed E-state index contributed by atoms with van der Waals surface area (Å²) in [7, 11) is 0. The van der Waals surface area contributed by atoms with Crippen molar-refractivity contribution in [2.45, 2.75) is 45.5 Å². The van der Waals surface area contributed by atoms with Gasteiger partial charge in [0.25, 0.3) is 0 Å². The van der Waals surface area contributed by atoms with Gasteiger partial charge in [-0.2, -0.15) is 13.2 Å². The van der Waals surface area contributed by atoms with Crippen LogP contribution in [0.3, 0.4) is 0 Å². The van der Waals surface area contributed by atoms with Crippen molar-refractivity contribution in [2.75, 3.05) is 26.1 Å². The first-order valence-electron chi connectivity index (χ1n) is 8.28. The van der Waals surface area contributed by atoms with Crippen molar-refractivity contribution in [1.82, 2.24) is 9.80 Å². The lowest BCUT2D eigenvalue weighted by molar-refractivity contribution is -0.200. The Morgan fingerprint density at radius 3 is 2.37 bits per heavy atom. The van der Waals surface area contributed by atoms with Crippen LogP contribution in [0.15, 0.2) is 0 Å². The van der Waals surface area contributed by atoms with Crippen LogP contribution in [-0.4, -0.2) is 59.8 Å². The minimum absolute atomic E-state index is 0.0808. The van der Waals surface area contributed by atoms with Crippen LogP contribution in [0, 0.1) is 0 Å². The molecular formula is C12H21F3N2O2. The molecule has 1 fully saturated rings. The summed E-state index contributed by atoms with van der Waals surface area (Å²) in [5.41, 5.74) is -0.870. The van der Waals surface area contributed by atoms with Crippen LogP contribution in [0.4, 0.5) is 18.0 Å². The second-order valence-corrected chi connectivity index (χ2v) is 5.13. The summed E-state index contributed by atoms with van der Waals surface area (Å²) >= 11 is 0. The molecular weight excluding hydrogens is 261 g/mol. The van der Waals surface area contributed by atoms with Gasteiger partial charge in [0.15, 0.2) is 6.10 Å². The summed E-state index contributed by atoms with van der Waals surface area (Å²) < 4.78 is 81.6. The Bertz CT molecular complexity index is 496. The van der Waals surface area contributed by atoms with Gasteiger partial charge in [-0.1, -0.05) is 0 Å². The third-order valence-corrected chi connectivity index (χ3v) is 2.50. The predicted molar refractivity (Wildman–Crippen MR) is 64.9 cm³/mol. The predicted octanol–water partition coefficient (Wildman–Crippen LogP) is 2.49. The van der Waals surface area contributed by atoms with Crippen LogP contribution >= 0.6 is 0 Å². The molecule has 0 spiro atoms. The number of hydrogen-bond acceptors (Lipinski definition) is 3. The van der Waals surface area contributed by atoms with E-state index in [2.05, 4.69) is 4.74 Å². The van der Waals surface area contributed by atoms with E-state index in [9.17, 15) is 18.0 Å². The molecule has 112 valence electrons. The van der Waals surface area contributed by atoms with E-state index in [-0.39, 0.29) is 11.4 Å². The van der Waals surface area contributed by atoms with Gasteiger partial charge in [0, 0.05) is 34.3 Å². The highest BCUT2D eigenvalue weighted by Gasteiger charge is 2.40. The number of piperazine rings is 1. The molecule has 1 amide bonds. The van der Waals surface area contributed by atoms with Crippen molar-refractivity contribution < 1.29 is 29.6 Å². The molecule has 0 aromatic carbocycles. The third-order valence-electron chi connectivity index (χ3n) is 2.50. The van der Waals surface area contributed by atoms with E-state index in [0.29, 0.717) is 6.92 Å². The van der Waals surface area contributed by atoms with Gasteiger partial charge in [-0.25, -0.2) is 4.79 Å². The number of rotatable bonds is 1. The number of ether oxygens (including phenoxy) is 1. The van der Waals surface area contributed by atoms with E-state index < -0.39 is 43.4 Å². The smallest absolute Gasteiger partial charge is 0.425 e. The molecule has 19 heavy (non-hydrogen) atoms. The second kappa shape index (κ2) is 5.56. The first kappa shape index (κ1) is 9.85. The number of carbonyl (C=O) groups excluding carboxylic acids is 1. The Balaban J connectivity index is 3.16. The number of nitrogens with zero attached hydrogens (tertiary/aromatic N) is 2. The number of carbonyl (C=O) groups is 1. The Morgan fingerprint density at radius 1 is 1.32 bits per heavy atom. The summed E-state index contributed by atoms with van der Waals surface area (Å²) in [6, 6.07) is 0. The van der Waals surface area contributed by atoms with Crippen LogP contribution < -0.4 is 0 Å². The Morgan fingerprint density at radius 2 is 1.89 bits per heavy atom. The van der Waals surface area contributed by atoms with Crippen molar-refractivity contribution in [1.29, 1.82) is 0 Å². The van der Waals surface area contributed by atoms with Crippen molar-refractivity contribution in [3.63, 3.8) is 0 Å². The van der Waals surface area contributed by atoms with Gasteiger partial charge in [-0.3, -0.25) is 4.90 Å². The fourth-order valence-corrected chi connectivity index (χ4v) is 1.21. The highest BCUT2D eigenvalue weighted by molar-refractivity contribution is 5.68. The van der Waals surface area contributed by atoms with Crippen molar-refractivity contribution in [3.05, 3.63) is 0 Å². The van der Waals surface area contributed by atoms with Gasteiger partial charge in [0.1, 0.15) is 0 Å². The molecule has 0 aromatic rings. The summed E-state index contributed by atoms with van der Waals surface area (Å²) in [6.45, 7) is -2.42. The van der Waals surface area contributed by atoms with Crippen molar-refractivity contribution in [3.8, 4) is 0 Å². The van der Waals surface area contributed by atoms with Crippen molar-refractivity contribution in [2.24, 2.45) is 0 Å². The number of alkyl halides is 3. The monoisotopic (exact) mass is 287 g/mol. The molecule has 1 aliphatic rings. The van der Waals surface area contributed by atoms with Crippen LogP contribution in [0.1, 0.15) is 34.5 Å². The molecule has 4 nitrogen and oxygen atoms in total. The van der Waals surface area contributed by atoms with Crippen LogP contribution in [-0.2, 0) is 4.74 Å². The van der Waals surface area contributed by atoms with E-state index in [4.69, 9.17) is 6.85 Å². The standard InChI is InChI=1S/C12H21F3N2O2/c1-9(12(13,14)15)19-10(18)16-5-7-17(8-6-16)11(2,3)4/h9H,5-8H2,1-4H3/i5D,6D2,8D2. The quantitative estimate of drug-likeness (QED) is 0.743. The summed E-state index contributed by atoms with van der Waals surface area (Å²) in [5, 5.41) is 0. The van der Waals surface area contributed by atoms with Crippen molar-refractivity contribution >= 4 is 6.09 Å². The molecule has 0 N–H and O–H groups in total. The molecule has 7 heteroatoms. The average Bonchev–Trinajstić information content (AvgIpc) is 2.31. The number of amides is 1. The molecule has 0 bridgehead atoms. The van der Waals surface area contributed by atoms with E-state index >= 15 is 0 Å². The zero-order valence-corrected chi connectivity index (χ0v) is 11.2. The topological polar surface area (TPSA) is 32.8 Å². The molecule has 0 aromatic heterocycles. The van der Waals surface area contributed by atoms with Crippen LogP contribution in [0.25, 0.3) is 0 Å². The zero-order valence-electron chi connectivity index (χ0n) is 16.2. The Hall–Kier alpha value is -0.980. The van der Waals surface area contributed by atoms with Gasteiger partial charge in [0.2, 0.25) is 0 Å². The molecule has 1 saturated heterocycles. The lowest BCUT2D eigenvalue weighted by Gasteiger charge is -2.42. The fraction of sp³-hybridized carbons (Fsp3) is 0.917. The third kappa shape index (κ3) is 4.56. The molecule has 0 saturated carbocycles. The number of hydrogen-bond donors (Lipinski definition) is 0. The highest BCUT2D eigenvalue weighted by atomic mass is 19.4. The average molecular weight is 287 g/mol. The van der Waals surface area contributed by atoms with E-state index in [1.807, 2.05) is 0 Å². The SMILES string of the molecule is [2H]C1CN(C(C)(C)C)C([2H])([2H])C([2H])([2H])N1C(=O)OC(C)C(F)(F)F. The molecule has 1 aliphatic heterocycles. The molecule has 0 aliphatic carbocycles. The van der Waals surface area contributed by atoms with Gasteiger partial charge in [-0.15, -0.1) is 0 Å². The summed E-state index contributed by atoms with van der Waals surface area (Å²) in [4.78, 5) is 13.1. The largest absolute Gasteiger partial charge is 0.437 e. The van der Waals surface area contributed by atoms with E-state index in [1.165, 1.54) is 0 Å². The highest BCUT2D eigenvalue weighted by Crippen LogP contribution is 2.23. The summed E-state index contributed by atoms with van der Waals surface area (Å²) in [6.07, 6.45) is -9.06. The van der Waals surface area contributed by atoms with Crippen LogP contribution in [0.2, 0.25) is 0 Å². The van der Waals surface area contributed by atoms with Gasteiger partial charge >= 0.3 is 12.3 Å². The van der Waals surface area contributed by atoms with Gasteiger partial charge in [0.05, 0.1) is 4.11 Å². The molecule has 1 rings (SSSR count).